The first-order chi connectivity index (χ1) is 12.5. The number of benzene rings is 1. The van der Waals surface area contributed by atoms with Gasteiger partial charge in [0.1, 0.15) is 0 Å². The van der Waals surface area contributed by atoms with E-state index in [0.717, 1.165) is 5.56 Å². The monoisotopic (exact) mass is 358 g/mol. The topological polar surface area (TPSA) is 80.1 Å². The number of carbonyl (C=O) groups is 3. The van der Waals surface area contributed by atoms with Crippen molar-refractivity contribution in [2.24, 2.45) is 0 Å². The number of ether oxygens (including phenoxy) is 1. The first kappa shape index (κ1) is 19.2. The van der Waals surface area contributed by atoms with E-state index in [4.69, 9.17) is 4.42 Å². The molecule has 0 saturated carbocycles. The lowest BCUT2D eigenvalue weighted by Crippen LogP contribution is -2.41. The summed E-state index contributed by atoms with van der Waals surface area (Å²) in [4.78, 5) is 39.2. The molecule has 1 heterocycles. The Labute approximate surface area is 152 Å². The fraction of sp³-hybridized carbons (Fsp3) is 0.316. The predicted octanol–water partition coefficient (Wildman–Crippen LogP) is 1.94. The van der Waals surface area contributed by atoms with Crippen LogP contribution in [0.3, 0.4) is 0 Å². The summed E-state index contributed by atoms with van der Waals surface area (Å²) in [6, 6.07) is 12.6. The van der Waals surface area contributed by atoms with Gasteiger partial charge in [-0.05, 0) is 17.7 Å². The minimum atomic E-state index is -0.393. The van der Waals surface area contributed by atoms with Crippen molar-refractivity contribution < 1.29 is 23.5 Å². The second-order valence-electron chi connectivity index (χ2n) is 5.77. The van der Waals surface area contributed by atoms with Crippen LogP contribution in [0.5, 0.6) is 0 Å². The number of rotatable bonds is 8. The van der Waals surface area contributed by atoms with Gasteiger partial charge in [-0.25, -0.2) is 0 Å². The van der Waals surface area contributed by atoms with E-state index in [9.17, 15) is 14.4 Å². The molecular weight excluding hydrogens is 336 g/mol. The number of esters is 1. The summed E-state index contributed by atoms with van der Waals surface area (Å²) in [5.41, 5.74) is 0.936. The average molecular weight is 358 g/mol. The number of amides is 2. The molecule has 0 aliphatic rings. The van der Waals surface area contributed by atoms with Crippen LogP contribution in [0.15, 0.2) is 53.1 Å². The summed E-state index contributed by atoms with van der Waals surface area (Å²) in [7, 11) is 2.84. The summed E-state index contributed by atoms with van der Waals surface area (Å²) < 4.78 is 9.72. The third kappa shape index (κ3) is 5.47. The Morgan fingerprint density at radius 2 is 1.81 bits per heavy atom. The van der Waals surface area contributed by atoms with Crippen LogP contribution in [-0.2, 0) is 20.9 Å². The minimum Gasteiger partial charge on any atom is -0.469 e. The van der Waals surface area contributed by atoms with Gasteiger partial charge in [-0.15, -0.1) is 0 Å². The number of hydrogen-bond acceptors (Lipinski definition) is 5. The van der Waals surface area contributed by atoms with E-state index in [1.807, 2.05) is 30.3 Å². The molecule has 0 aliphatic heterocycles. The third-order valence-electron chi connectivity index (χ3n) is 3.83. The molecule has 0 atom stereocenters. The standard InChI is InChI=1S/C19H22N2O5/c1-20(19(24)16-9-6-12-26-16)14-17(22)21(11-10-18(23)25-2)13-15-7-4-3-5-8-15/h3-9,12H,10-11,13-14H2,1-2H3. The van der Waals surface area contributed by atoms with Crippen LogP contribution in [0.1, 0.15) is 22.5 Å². The highest BCUT2D eigenvalue weighted by atomic mass is 16.5. The maximum Gasteiger partial charge on any atom is 0.307 e. The van der Waals surface area contributed by atoms with Crippen molar-refractivity contribution in [1.29, 1.82) is 0 Å². The predicted molar refractivity (Wildman–Crippen MR) is 94.2 cm³/mol. The highest BCUT2D eigenvalue weighted by Crippen LogP contribution is 2.09. The van der Waals surface area contributed by atoms with Gasteiger partial charge in [0.25, 0.3) is 5.91 Å². The molecule has 26 heavy (non-hydrogen) atoms. The SMILES string of the molecule is COC(=O)CCN(Cc1ccccc1)C(=O)CN(C)C(=O)c1ccco1. The number of furan rings is 1. The second kappa shape index (κ2) is 9.41. The number of likely N-dealkylation sites (N-methyl/N-ethyl adjacent to an activating group) is 1. The Balaban J connectivity index is 2.03. The lowest BCUT2D eigenvalue weighted by molar-refractivity contribution is -0.142. The number of hydrogen-bond donors (Lipinski definition) is 0. The zero-order valence-corrected chi connectivity index (χ0v) is 14.9. The van der Waals surface area contributed by atoms with E-state index in [1.54, 1.807) is 12.1 Å². The molecule has 138 valence electrons. The first-order valence-electron chi connectivity index (χ1n) is 8.18. The number of nitrogens with zero attached hydrogens (tertiary/aromatic N) is 2. The van der Waals surface area contributed by atoms with Gasteiger partial charge in [-0.3, -0.25) is 14.4 Å². The molecule has 1 aromatic heterocycles. The molecule has 2 rings (SSSR count). The molecule has 7 nitrogen and oxygen atoms in total. The van der Waals surface area contributed by atoms with E-state index in [0.29, 0.717) is 6.54 Å². The lowest BCUT2D eigenvalue weighted by Gasteiger charge is -2.25. The van der Waals surface area contributed by atoms with E-state index in [-0.39, 0.29) is 37.1 Å². The van der Waals surface area contributed by atoms with Gasteiger partial charge < -0.3 is 19.0 Å². The zero-order chi connectivity index (χ0) is 18.9. The van der Waals surface area contributed by atoms with Crippen molar-refractivity contribution in [1.82, 2.24) is 9.80 Å². The molecule has 0 bridgehead atoms. The van der Waals surface area contributed by atoms with Crippen LogP contribution < -0.4 is 0 Å². The van der Waals surface area contributed by atoms with Crippen molar-refractivity contribution in [3.63, 3.8) is 0 Å². The van der Waals surface area contributed by atoms with Gasteiger partial charge in [0.05, 0.1) is 26.3 Å². The first-order valence-corrected chi connectivity index (χ1v) is 8.18. The second-order valence-corrected chi connectivity index (χ2v) is 5.77. The summed E-state index contributed by atoms with van der Waals surface area (Å²) in [6.07, 6.45) is 1.49. The highest BCUT2D eigenvalue weighted by Gasteiger charge is 2.21. The zero-order valence-electron chi connectivity index (χ0n) is 14.9. The van der Waals surface area contributed by atoms with Gasteiger partial charge in [0, 0.05) is 20.1 Å². The van der Waals surface area contributed by atoms with Crippen LogP contribution in [0.4, 0.5) is 0 Å². The molecular formula is C19H22N2O5. The minimum absolute atomic E-state index is 0.0882. The summed E-state index contributed by atoms with van der Waals surface area (Å²) in [5.74, 6) is -0.864. The van der Waals surface area contributed by atoms with E-state index in [1.165, 1.54) is 30.2 Å². The molecule has 7 heteroatoms. The third-order valence-corrected chi connectivity index (χ3v) is 3.83. The van der Waals surface area contributed by atoms with Crippen LogP contribution in [-0.4, -0.2) is 54.8 Å². The fourth-order valence-corrected chi connectivity index (χ4v) is 2.39. The molecule has 0 unspecified atom stereocenters. The molecule has 0 radical (unpaired) electrons. The quantitative estimate of drug-likeness (QED) is 0.674. The Morgan fingerprint density at radius 1 is 1.08 bits per heavy atom. The molecule has 2 amide bonds. The van der Waals surface area contributed by atoms with Crippen molar-refractivity contribution in [2.45, 2.75) is 13.0 Å². The average Bonchev–Trinajstić information content (AvgIpc) is 3.19. The van der Waals surface area contributed by atoms with Crippen LogP contribution >= 0.6 is 0 Å². The molecule has 2 aromatic rings. The molecule has 0 aliphatic carbocycles. The highest BCUT2D eigenvalue weighted by molar-refractivity contribution is 5.94. The van der Waals surface area contributed by atoms with Crippen LogP contribution in [0.25, 0.3) is 0 Å². The van der Waals surface area contributed by atoms with Gasteiger partial charge in [0.2, 0.25) is 5.91 Å². The van der Waals surface area contributed by atoms with Crippen molar-refractivity contribution >= 4 is 17.8 Å². The summed E-state index contributed by atoms with van der Waals surface area (Å²) in [5, 5.41) is 0. The molecule has 0 fully saturated rings. The Hall–Kier alpha value is -3.09. The van der Waals surface area contributed by atoms with Crippen molar-refractivity contribution in [2.75, 3.05) is 27.2 Å². The normalized spacial score (nSPS) is 10.2. The Morgan fingerprint density at radius 3 is 2.42 bits per heavy atom. The van der Waals surface area contributed by atoms with Crippen LogP contribution in [0.2, 0.25) is 0 Å². The Kier molecular flexibility index (Phi) is 6.96. The number of methoxy groups -OCH3 is 1. The van der Waals surface area contributed by atoms with E-state index in [2.05, 4.69) is 4.74 Å². The van der Waals surface area contributed by atoms with Gasteiger partial charge >= 0.3 is 5.97 Å². The van der Waals surface area contributed by atoms with Crippen LogP contribution in [0, 0.1) is 0 Å². The van der Waals surface area contributed by atoms with Gasteiger partial charge in [0.15, 0.2) is 5.76 Å². The summed E-state index contributed by atoms with van der Waals surface area (Å²) in [6.45, 7) is 0.441. The van der Waals surface area contributed by atoms with Crippen molar-refractivity contribution in [3.8, 4) is 0 Å². The smallest absolute Gasteiger partial charge is 0.307 e. The summed E-state index contributed by atoms with van der Waals surface area (Å²) >= 11 is 0. The van der Waals surface area contributed by atoms with E-state index >= 15 is 0 Å². The Bertz CT molecular complexity index is 728. The maximum absolute atomic E-state index is 12.7. The number of carbonyl (C=O) groups excluding carboxylic acids is 3. The molecule has 1 aromatic carbocycles. The fourth-order valence-electron chi connectivity index (χ4n) is 2.39. The molecule has 0 spiro atoms. The maximum atomic E-state index is 12.7. The van der Waals surface area contributed by atoms with Gasteiger partial charge in [-0.1, -0.05) is 30.3 Å². The van der Waals surface area contributed by atoms with E-state index < -0.39 is 5.97 Å². The largest absolute Gasteiger partial charge is 0.469 e. The van der Waals surface area contributed by atoms with Gasteiger partial charge in [-0.2, -0.15) is 0 Å². The molecule has 0 saturated heterocycles. The lowest BCUT2D eigenvalue weighted by atomic mass is 10.2. The van der Waals surface area contributed by atoms with Crippen molar-refractivity contribution in [3.05, 3.63) is 60.1 Å². The molecule has 0 N–H and O–H groups in total.